The Hall–Kier alpha value is -4.10. The number of H-pyrrole nitrogens is 1. The van der Waals surface area contributed by atoms with Gasteiger partial charge in [0, 0.05) is 43.3 Å². The molecular formula is C25H27N7O3. The molecule has 0 saturated carbocycles. The van der Waals surface area contributed by atoms with Gasteiger partial charge in [0.25, 0.3) is 5.56 Å². The molecule has 0 radical (unpaired) electrons. The molecule has 4 heterocycles. The number of anilines is 1. The minimum absolute atomic E-state index is 0.00284. The highest BCUT2D eigenvalue weighted by atomic mass is 16.2. The van der Waals surface area contributed by atoms with Gasteiger partial charge in [-0.1, -0.05) is 18.1 Å². The second kappa shape index (κ2) is 8.92. The van der Waals surface area contributed by atoms with Gasteiger partial charge < -0.3 is 15.6 Å². The van der Waals surface area contributed by atoms with Gasteiger partial charge >= 0.3 is 5.69 Å². The smallest absolute Gasteiger partial charge is 0.332 e. The van der Waals surface area contributed by atoms with E-state index in [2.05, 4.69) is 21.8 Å². The van der Waals surface area contributed by atoms with E-state index in [1.165, 1.54) is 4.57 Å². The van der Waals surface area contributed by atoms with Crippen molar-refractivity contribution < 1.29 is 4.79 Å². The standard InChI is InChI=1S/C25H27N7O3/c1-3-4-13-31-21-22(28-24(31)30-12-6-8-17(26)14-30)29(2)25(35)32(23(21)34)15-19(33)18-9-5-7-16-10-11-27-20(16)18/h5,7,9-11,17,27H,6,8,12-15,26H2,1-2H3. The number of Topliss-reactive ketones (excluding diaryl/α,β-unsaturated/α-hetero) is 1. The van der Waals surface area contributed by atoms with Gasteiger partial charge in [0.1, 0.15) is 0 Å². The molecule has 1 saturated heterocycles. The first-order chi connectivity index (χ1) is 16.9. The van der Waals surface area contributed by atoms with E-state index in [0.29, 0.717) is 23.6 Å². The van der Waals surface area contributed by atoms with Crippen molar-refractivity contribution in [1.29, 1.82) is 0 Å². The van der Waals surface area contributed by atoms with Gasteiger partial charge in [-0.2, -0.15) is 4.98 Å². The molecule has 3 aromatic heterocycles. The van der Waals surface area contributed by atoms with Gasteiger partial charge in [-0.15, -0.1) is 5.92 Å². The van der Waals surface area contributed by atoms with Crippen LogP contribution in [-0.4, -0.2) is 48.6 Å². The number of rotatable bonds is 5. The summed E-state index contributed by atoms with van der Waals surface area (Å²) >= 11 is 0. The SMILES string of the molecule is CC#CCn1c(N2CCCC(N)C2)nc2c1c(=O)n(CC(=O)c1cccc3cc[nH]c13)c(=O)n2C. The number of aromatic amines is 1. The molecule has 10 heteroatoms. The Labute approximate surface area is 201 Å². The first kappa shape index (κ1) is 22.7. The molecule has 1 aliphatic heterocycles. The molecule has 35 heavy (non-hydrogen) atoms. The lowest BCUT2D eigenvalue weighted by molar-refractivity contribution is 0.0970. The number of fused-ring (bicyclic) bond motifs is 2. The summed E-state index contributed by atoms with van der Waals surface area (Å²) in [4.78, 5) is 49.9. The third-order valence-corrected chi connectivity index (χ3v) is 6.56. The summed E-state index contributed by atoms with van der Waals surface area (Å²) in [6, 6.07) is 7.23. The number of benzene rings is 1. The van der Waals surface area contributed by atoms with Crippen LogP contribution in [0.15, 0.2) is 40.1 Å². The Kier molecular flexibility index (Phi) is 5.78. The fourth-order valence-electron chi connectivity index (χ4n) is 4.79. The van der Waals surface area contributed by atoms with Crippen LogP contribution >= 0.6 is 0 Å². The average molecular weight is 474 g/mol. The third-order valence-electron chi connectivity index (χ3n) is 6.56. The fraction of sp³-hybridized carbons (Fsp3) is 0.360. The number of hydrogen-bond acceptors (Lipinski definition) is 6. The van der Waals surface area contributed by atoms with Crippen molar-refractivity contribution >= 4 is 33.8 Å². The molecule has 0 bridgehead atoms. The number of aromatic nitrogens is 5. The van der Waals surface area contributed by atoms with Crippen LogP contribution in [0, 0.1) is 11.8 Å². The van der Waals surface area contributed by atoms with Gasteiger partial charge in [0.05, 0.1) is 18.6 Å². The Bertz CT molecular complexity index is 1630. The van der Waals surface area contributed by atoms with Crippen LogP contribution in [0.5, 0.6) is 0 Å². The summed E-state index contributed by atoms with van der Waals surface area (Å²) in [5.74, 6) is 6.09. The first-order valence-corrected chi connectivity index (χ1v) is 11.6. The van der Waals surface area contributed by atoms with Crippen molar-refractivity contribution in [3.05, 3.63) is 56.9 Å². The van der Waals surface area contributed by atoms with Crippen LogP contribution in [0.25, 0.3) is 22.1 Å². The zero-order valence-electron chi connectivity index (χ0n) is 19.7. The number of nitrogens with zero attached hydrogens (tertiary/aromatic N) is 5. The molecule has 1 fully saturated rings. The number of ketones is 1. The van der Waals surface area contributed by atoms with E-state index in [0.717, 1.165) is 29.3 Å². The van der Waals surface area contributed by atoms with Crippen molar-refractivity contribution in [3.8, 4) is 11.8 Å². The Morgan fingerprint density at radius 3 is 2.86 bits per heavy atom. The number of nitrogens with two attached hydrogens (primary N) is 1. The van der Waals surface area contributed by atoms with E-state index in [1.54, 1.807) is 36.9 Å². The zero-order chi connectivity index (χ0) is 24.7. The predicted octanol–water partition coefficient (Wildman–Crippen LogP) is 1.21. The summed E-state index contributed by atoms with van der Waals surface area (Å²) in [7, 11) is 1.56. The first-order valence-electron chi connectivity index (χ1n) is 11.6. The Morgan fingerprint density at radius 2 is 2.09 bits per heavy atom. The van der Waals surface area contributed by atoms with Crippen LogP contribution in [0.2, 0.25) is 0 Å². The second-order valence-electron chi connectivity index (χ2n) is 8.85. The number of hydrogen-bond donors (Lipinski definition) is 2. The quantitative estimate of drug-likeness (QED) is 0.332. The van der Waals surface area contributed by atoms with E-state index in [1.807, 2.05) is 17.0 Å². The van der Waals surface area contributed by atoms with Crippen LogP contribution in [0.1, 0.15) is 30.1 Å². The van der Waals surface area contributed by atoms with Crippen molar-refractivity contribution in [2.75, 3.05) is 18.0 Å². The number of imidazole rings is 1. The van der Waals surface area contributed by atoms with Gasteiger partial charge in [0.15, 0.2) is 16.9 Å². The number of nitrogens with one attached hydrogen (secondary N) is 1. The normalized spacial score (nSPS) is 16.0. The van der Waals surface area contributed by atoms with E-state index < -0.39 is 11.2 Å². The maximum absolute atomic E-state index is 13.7. The van der Waals surface area contributed by atoms with Crippen LogP contribution in [0.4, 0.5) is 5.95 Å². The lowest BCUT2D eigenvalue weighted by Gasteiger charge is -2.31. The number of carbonyl (C=O) groups is 1. The van der Waals surface area contributed by atoms with E-state index >= 15 is 0 Å². The molecular weight excluding hydrogens is 446 g/mol. The molecule has 4 aromatic rings. The molecule has 1 aromatic carbocycles. The molecule has 0 spiro atoms. The third kappa shape index (κ3) is 3.84. The van der Waals surface area contributed by atoms with Crippen molar-refractivity contribution in [1.82, 2.24) is 23.7 Å². The molecule has 0 amide bonds. The molecule has 1 unspecified atom stereocenters. The lowest BCUT2D eigenvalue weighted by atomic mass is 10.1. The fourth-order valence-corrected chi connectivity index (χ4v) is 4.79. The lowest BCUT2D eigenvalue weighted by Crippen LogP contribution is -2.44. The van der Waals surface area contributed by atoms with Gasteiger partial charge in [-0.25, -0.2) is 4.79 Å². The molecule has 1 atom stereocenters. The summed E-state index contributed by atoms with van der Waals surface area (Å²) in [5, 5.41) is 0.882. The minimum atomic E-state index is -0.595. The highest BCUT2D eigenvalue weighted by molar-refractivity contribution is 6.06. The average Bonchev–Trinajstić information content (AvgIpc) is 3.49. The van der Waals surface area contributed by atoms with Crippen LogP contribution in [0.3, 0.4) is 0 Å². The predicted molar refractivity (Wildman–Crippen MR) is 135 cm³/mol. The van der Waals surface area contributed by atoms with E-state index in [-0.39, 0.29) is 36.1 Å². The maximum atomic E-state index is 13.7. The topological polar surface area (TPSA) is 124 Å². The highest BCUT2D eigenvalue weighted by Gasteiger charge is 2.26. The van der Waals surface area contributed by atoms with Crippen molar-refractivity contribution in [3.63, 3.8) is 0 Å². The van der Waals surface area contributed by atoms with E-state index in [4.69, 9.17) is 5.73 Å². The molecule has 180 valence electrons. The number of carbonyl (C=O) groups excluding carboxylic acids is 1. The number of para-hydroxylation sites is 1. The monoisotopic (exact) mass is 473 g/mol. The largest absolute Gasteiger partial charge is 0.361 e. The molecule has 0 aliphatic carbocycles. The Morgan fingerprint density at radius 1 is 1.26 bits per heavy atom. The zero-order valence-corrected chi connectivity index (χ0v) is 19.7. The molecule has 3 N–H and O–H groups in total. The second-order valence-corrected chi connectivity index (χ2v) is 8.85. The van der Waals surface area contributed by atoms with Crippen molar-refractivity contribution in [2.24, 2.45) is 12.8 Å². The molecule has 5 rings (SSSR count). The molecule has 10 nitrogen and oxygen atoms in total. The highest BCUT2D eigenvalue weighted by Crippen LogP contribution is 2.23. The summed E-state index contributed by atoms with van der Waals surface area (Å²) in [5.41, 5.74) is 6.65. The van der Waals surface area contributed by atoms with Crippen LogP contribution in [-0.2, 0) is 20.1 Å². The number of aryl methyl sites for hydroxylation is 1. The Balaban J connectivity index is 1.66. The minimum Gasteiger partial charge on any atom is -0.361 e. The van der Waals surface area contributed by atoms with Gasteiger partial charge in [-0.3, -0.25) is 23.3 Å². The van der Waals surface area contributed by atoms with E-state index in [9.17, 15) is 14.4 Å². The molecule has 1 aliphatic rings. The summed E-state index contributed by atoms with van der Waals surface area (Å²) in [6.07, 6.45) is 3.58. The van der Waals surface area contributed by atoms with Crippen molar-refractivity contribution in [2.45, 2.75) is 38.9 Å². The van der Waals surface area contributed by atoms with Gasteiger partial charge in [-0.05, 0) is 31.9 Å². The summed E-state index contributed by atoms with van der Waals surface area (Å²) in [6.45, 7) is 2.93. The summed E-state index contributed by atoms with van der Waals surface area (Å²) < 4.78 is 4.04. The maximum Gasteiger partial charge on any atom is 0.332 e. The number of piperidine rings is 1. The van der Waals surface area contributed by atoms with Crippen LogP contribution < -0.4 is 21.9 Å². The van der Waals surface area contributed by atoms with Gasteiger partial charge in [0.2, 0.25) is 5.95 Å².